The second-order valence-electron chi connectivity index (χ2n) is 8.20. The zero-order valence-electron chi connectivity index (χ0n) is 19.8. The van der Waals surface area contributed by atoms with Crippen molar-refractivity contribution in [1.82, 2.24) is 5.32 Å². The van der Waals surface area contributed by atoms with Crippen LogP contribution in [-0.2, 0) is 16.0 Å². The van der Waals surface area contributed by atoms with Gasteiger partial charge in [-0.2, -0.15) is 0 Å². The fourth-order valence-electron chi connectivity index (χ4n) is 4.45. The lowest BCUT2D eigenvalue weighted by atomic mass is 9.98. The van der Waals surface area contributed by atoms with Gasteiger partial charge < -0.3 is 24.6 Å². The van der Waals surface area contributed by atoms with Crippen LogP contribution < -0.4 is 14.8 Å². The summed E-state index contributed by atoms with van der Waals surface area (Å²) in [6.07, 6.45) is -0.732. The molecule has 0 bridgehead atoms. The van der Waals surface area contributed by atoms with Crippen molar-refractivity contribution in [3.8, 4) is 22.6 Å². The number of benzene rings is 3. The number of amides is 1. The molecule has 1 amide bonds. The van der Waals surface area contributed by atoms with Crippen LogP contribution in [0.3, 0.4) is 0 Å². The molecule has 0 aromatic heterocycles. The first-order valence-corrected chi connectivity index (χ1v) is 11.7. The average Bonchev–Trinajstić information content (AvgIpc) is 3.18. The maximum Gasteiger partial charge on any atom is 0.407 e. The first kappa shape index (κ1) is 24.1. The number of aliphatic carboxylic acids is 1. The first-order chi connectivity index (χ1) is 17.0. The highest BCUT2D eigenvalue weighted by molar-refractivity contribution is 5.81. The molecule has 3 aromatic carbocycles. The van der Waals surface area contributed by atoms with Crippen LogP contribution in [0.1, 0.15) is 36.5 Å². The summed E-state index contributed by atoms with van der Waals surface area (Å²) in [6.45, 7) is 4.76. The van der Waals surface area contributed by atoms with Crippen molar-refractivity contribution < 1.29 is 28.9 Å². The minimum absolute atomic E-state index is 0.0429. The first-order valence-electron chi connectivity index (χ1n) is 11.7. The van der Waals surface area contributed by atoms with E-state index in [1.54, 1.807) is 18.2 Å². The lowest BCUT2D eigenvalue weighted by Crippen LogP contribution is -2.43. The van der Waals surface area contributed by atoms with E-state index in [9.17, 15) is 14.7 Å². The molecule has 1 atom stereocenters. The predicted molar refractivity (Wildman–Crippen MR) is 132 cm³/mol. The zero-order valence-corrected chi connectivity index (χ0v) is 19.8. The highest BCUT2D eigenvalue weighted by Crippen LogP contribution is 2.44. The molecule has 7 heteroatoms. The molecule has 0 saturated carbocycles. The van der Waals surface area contributed by atoms with Crippen LogP contribution in [0.15, 0.2) is 66.7 Å². The summed E-state index contributed by atoms with van der Waals surface area (Å²) in [5.41, 5.74) is 5.08. The Morgan fingerprint density at radius 2 is 1.54 bits per heavy atom. The lowest BCUT2D eigenvalue weighted by molar-refractivity contribution is -0.139. The molecule has 1 unspecified atom stereocenters. The summed E-state index contributed by atoms with van der Waals surface area (Å²) in [5.74, 6) is -0.1000. The number of carbonyl (C=O) groups is 2. The largest absolute Gasteiger partial charge is 0.494 e. The molecular formula is C28H29NO6. The fourth-order valence-corrected chi connectivity index (χ4v) is 4.45. The van der Waals surface area contributed by atoms with Crippen molar-refractivity contribution in [1.29, 1.82) is 0 Å². The van der Waals surface area contributed by atoms with Crippen LogP contribution >= 0.6 is 0 Å². The molecule has 35 heavy (non-hydrogen) atoms. The number of ether oxygens (including phenoxy) is 3. The molecule has 0 fully saturated rings. The smallest absolute Gasteiger partial charge is 0.407 e. The molecule has 0 aliphatic heterocycles. The number of carboxylic acids is 1. The van der Waals surface area contributed by atoms with E-state index < -0.39 is 18.1 Å². The van der Waals surface area contributed by atoms with Crippen LogP contribution in [0.2, 0.25) is 0 Å². The van der Waals surface area contributed by atoms with Crippen molar-refractivity contribution in [2.24, 2.45) is 0 Å². The number of alkyl carbamates (subject to hydrolysis) is 1. The highest BCUT2D eigenvalue weighted by Gasteiger charge is 2.30. The Morgan fingerprint density at radius 1 is 0.914 bits per heavy atom. The SMILES string of the molecule is CCOc1ccc(CC(NC(=O)OCC2c3ccccc3-c3ccccc32)C(=O)O)c(OCC)c1. The number of rotatable bonds is 10. The topological polar surface area (TPSA) is 94.1 Å². The minimum Gasteiger partial charge on any atom is -0.494 e. The molecule has 0 saturated heterocycles. The van der Waals surface area contributed by atoms with E-state index in [0.717, 1.165) is 22.3 Å². The Morgan fingerprint density at radius 3 is 2.14 bits per heavy atom. The Labute approximate surface area is 204 Å². The molecule has 1 aliphatic carbocycles. The van der Waals surface area contributed by atoms with Crippen LogP contribution in [0.25, 0.3) is 11.1 Å². The number of carbonyl (C=O) groups excluding carboxylic acids is 1. The second kappa shape index (κ2) is 11.0. The Hall–Kier alpha value is -4.00. The van der Waals surface area contributed by atoms with Gasteiger partial charge in [0.15, 0.2) is 0 Å². The van der Waals surface area contributed by atoms with Crippen LogP contribution in [0, 0.1) is 0 Å². The summed E-state index contributed by atoms with van der Waals surface area (Å²) >= 11 is 0. The van der Waals surface area contributed by atoms with E-state index in [0.29, 0.717) is 30.3 Å². The third-order valence-corrected chi connectivity index (χ3v) is 6.01. The van der Waals surface area contributed by atoms with Crippen molar-refractivity contribution in [2.75, 3.05) is 19.8 Å². The van der Waals surface area contributed by atoms with E-state index in [1.165, 1.54) is 0 Å². The summed E-state index contributed by atoms with van der Waals surface area (Å²) in [5, 5.41) is 12.2. The fraction of sp³-hybridized carbons (Fsp3) is 0.286. The van der Waals surface area contributed by atoms with Gasteiger partial charge >= 0.3 is 12.1 Å². The van der Waals surface area contributed by atoms with Gasteiger partial charge in [0.2, 0.25) is 0 Å². The molecule has 182 valence electrons. The van der Waals surface area contributed by atoms with Crippen molar-refractivity contribution in [2.45, 2.75) is 32.2 Å². The zero-order chi connectivity index (χ0) is 24.8. The van der Waals surface area contributed by atoms with Gasteiger partial charge in [-0.15, -0.1) is 0 Å². The van der Waals surface area contributed by atoms with Crippen LogP contribution in [0.4, 0.5) is 4.79 Å². The molecule has 7 nitrogen and oxygen atoms in total. The monoisotopic (exact) mass is 475 g/mol. The number of fused-ring (bicyclic) bond motifs is 3. The van der Waals surface area contributed by atoms with Gasteiger partial charge in [-0.1, -0.05) is 54.6 Å². The average molecular weight is 476 g/mol. The molecule has 3 aromatic rings. The third-order valence-electron chi connectivity index (χ3n) is 6.01. The second-order valence-corrected chi connectivity index (χ2v) is 8.20. The number of nitrogens with one attached hydrogen (secondary N) is 1. The Balaban J connectivity index is 1.44. The summed E-state index contributed by atoms with van der Waals surface area (Å²) in [4.78, 5) is 24.6. The maximum absolute atomic E-state index is 12.6. The summed E-state index contributed by atoms with van der Waals surface area (Å²) in [7, 11) is 0. The van der Waals surface area contributed by atoms with Gasteiger partial charge in [0.1, 0.15) is 24.1 Å². The molecule has 0 heterocycles. The van der Waals surface area contributed by atoms with E-state index in [2.05, 4.69) is 17.4 Å². The van der Waals surface area contributed by atoms with Crippen molar-refractivity contribution in [3.63, 3.8) is 0 Å². The van der Waals surface area contributed by atoms with Gasteiger partial charge in [0.25, 0.3) is 0 Å². The quantitative estimate of drug-likeness (QED) is 0.428. The van der Waals surface area contributed by atoms with Gasteiger partial charge in [0.05, 0.1) is 13.2 Å². The Kier molecular flexibility index (Phi) is 7.55. The van der Waals surface area contributed by atoms with Crippen molar-refractivity contribution >= 4 is 12.1 Å². The van der Waals surface area contributed by atoms with Crippen molar-refractivity contribution in [3.05, 3.63) is 83.4 Å². The molecule has 1 aliphatic rings. The number of carboxylic acid groups (broad SMARTS) is 1. The molecule has 0 spiro atoms. The van der Waals surface area contributed by atoms with E-state index >= 15 is 0 Å². The minimum atomic E-state index is -1.18. The number of hydrogen-bond acceptors (Lipinski definition) is 5. The molecule has 0 radical (unpaired) electrons. The molecule has 2 N–H and O–H groups in total. The predicted octanol–water partition coefficient (Wildman–Crippen LogP) is 5.02. The van der Waals surface area contributed by atoms with Gasteiger partial charge in [-0.25, -0.2) is 9.59 Å². The van der Waals surface area contributed by atoms with Crippen LogP contribution in [0.5, 0.6) is 11.5 Å². The standard InChI is InChI=1S/C28H29NO6/c1-3-33-19-14-13-18(26(16-19)34-4-2)15-25(27(30)31)29-28(32)35-17-24-22-11-7-5-9-20(22)21-10-6-8-12-23(21)24/h5-14,16,24-25H,3-4,15,17H2,1-2H3,(H,29,32)(H,30,31). The highest BCUT2D eigenvalue weighted by atomic mass is 16.5. The van der Waals surface area contributed by atoms with Gasteiger partial charge in [0, 0.05) is 18.4 Å². The third kappa shape index (κ3) is 5.40. The van der Waals surface area contributed by atoms with E-state index in [-0.39, 0.29) is 18.9 Å². The van der Waals surface area contributed by atoms with Gasteiger partial charge in [-0.3, -0.25) is 0 Å². The van der Waals surface area contributed by atoms with E-state index in [4.69, 9.17) is 14.2 Å². The lowest BCUT2D eigenvalue weighted by Gasteiger charge is -2.19. The summed E-state index contributed by atoms with van der Waals surface area (Å²) in [6, 6.07) is 20.1. The normalized spacial score (nSPS) is 12.9. The summed E-state index contributed by atoms with van der Waals surface area (Å²) < 4.78 is 16.7. The number of hydrogen-bond donors (Lipinski definition) is 2. The maximum atomic E-state index is 12.6. The Bertz CT molecular complexity index is 1160. The van der Waals surface area contributed by atoms with E-state index in [1.807, 2.05) is 50.2 Å². The molecule has 4 rings (SSSR count). The van der Waals surface area contributed by atoms with Crippen LogP contribution in [-0.4, -0.2) is 43.0 Å². The molecular weight excluding hydrogens is 446 g/mol. The van der Waals surface area contributed by atoms with Gasteiger partial charge in [-0.05, 0) is 47.7 Å².